The topological polar surface area (TPSA) is 75.9 Å². The third kappa shape index (κ3) is 3.62. The van der Waals surface area contributed by atoms with Gasteiger partial charge in [0.2, 0.25) is 10.0 Å². The van der Waals surface area contributed by atoms with Crippen LogP contribution in [0.2, 0.25) is 0 Å². The maximum atomic E-state index is 12.2. The van der Waals surface area contributed by atoms with Crippen molar-refractivity contribution in [3.05, 3.63) is 18.2 Å². The van der Waals surface area contributed by atoms with E-state index in [1.807, 2.05) is 11.8 Å². The van der Waals surface area contributed by atoms with Crippen molar-refractivity contribution in [3.8, 4) is 0 Å². The molecule has 0 bridgehead atoms. The van der Waals surface area contributed by atoms with Gasteiger partial charge in [-0.2, -0.15) is 0 Å². The summed E-state index contributed by atoms with van der Waals surface area (Å²) in [4.78, 5) is 2.23. The molecule has 7 heteroatoms. The lowest BCUT2D eigenvalue weighted by molar-refractivity contribution is 0.205. The van der Waals surface area contributed by atoms with Crippen LogP contribution in [0.25, 0.3) is 0 Å². The number of nitrogen functional groups attached to an aromatic ring is 1. The first-order chi connectivity index (χ1) is 9.34. The standard InChI is InChI=1S/C13H23N3O3S/c1-5-16(8-9-19-4)13-10-11(6-7-12(13)14)20(17,18)15(2)3/h6-7,10H,5,8-9,14H2,1-4H3. The second kappa shape index (κ2) is 6.92. The molecule has 6 nitrogen and oxygen atoms in total. The normalized spacial score (nSPS) is 11.8. The SMILES string of the molecule is CCN(CCOC)c1cc(S(=O)(=O)N(C)C)ccc1N. The van der Waals surface area contributed by atoms with Gasteiger partial charge < -0.3 is 15.4 Å². The number of hydrogen-bond acceptors (Lipinski definition) is 5. The molecule has 0 fully saturated rings. The van der Waals surface area contributed by atoms with Crippen molar-refractivity contribution in [2.75, 3.05) is 51.5 Å². The van der Waals surface area contributed by atoms with Gasteiger partial charge in [0.15, 0.2) is 0 Å². The predicted octanol–water partition coefficient (Wildman–Crippen LogP) is 0.992. The van der Waals surface area contributed by atoms with Crippen LogP contribution in [0.4, 0.5) is 11.4 Å². The van der Waals surface area contributed by atoms with Crippen LogP contribution >= 0.6 is 0 Å². The molecule has 0 amide bonds. The fourth-order valence-corrected chi connectivity index (χ4v) is 2.74. The summed E-state index contributed by atoms with van der Waals surface area (Å²) in [5.41, 5.74) is 7.24. The molecular weight excluding hydrogens is 278 g/mol. The molecule has 0 aliphatic rings. The number of anilines is 2. The minimum atomic E-state index is -3.46. The second-order valence-electron chi connectivity index (χ2n) is 4.58. The summed E-state index contributed by atoms with van der Waals surface area (Å²) in [6.45, 7) is 3.92. The van der Waals surface area contributed by atoms with Gasteiger partial charge >= 0.3 is 0 Å². The molecule has 20 heavy (non-hydrogen) atoms. The summed E-state index contributed by atoms with van der Waals surface area (Å²) in [5, 5.41) is 0. The second-order valence-corrected chi connectivity index (χ2v) is 6.73. The van der Waals surface area contributed by atoms with Crippen molar-refractivity contribution in [1.82, 2.24) is 4.31 Å². The Morgan fingerprint density at radius 1 is 1.30 bits per heavy atom. The molecule has 1 aromatic carbocycles. The van der Waals surface area contributed by atoms with Gasteiger partial charge in [-0.1, -0.05) is 0 Å². The van der Waals surface area contributed by atoms with E-state index in [4.69, 9.17) is 10.5 Å². The molecule has 0 atom stereocenters. The predicted molar refractivity (Wildman–Crippen MR) is 81.5 cm³/mol. The van der Waals surface area contributed by atoms with Crippen molar-refractivity contribution in [2.45, 2.75) is 11.8 Å². The fraction of sp³-hybridized carbons (Fsp3) is 0.538. The van der Waals surface area contributed by atoms with Gasteiger partial charge in [0, 0.05) is 34.3 Å². The van der Waals surface area contributed by atoms with Crippen molar-refractivity contribution in [1.29, 1.82) is 0 Å². The van der Waals surface area contributed by atoms with E-state index < -0.39 is 10.0 Å². The summed E-state index contributed by atoms with van der Waals surface area (Å²) in [7, 11) is 1.19. The van der Waals surface area contributed by atoms with E-state index >= 15 is 0 Å². The Morgan fingerprint density at radius 3 is 2.45 bits per heavy atom. The molecule has 2 N–H and O–H groups in total. The van der Waals surface area contributed by atoms with Crippen LogP contribution in [0, 0.1) is 0 Å². The number of sulfonamides is 1. The maximum Gasteiger partial charge on any atom is 0.242 e. The number of ether oxygens (including phenoxy) is 1. The molecule has 0 aromatic heterocycles. The first kappa shape index (κ1) is 16.7. The highest BCUT2D eigenvalue weighted by atomic mass is 32.2. The molecule has 0 saturated carbocycles. The monoisotopic (exact) mass is 301 g/mol. The van der Waals surface area contributed by atoms with Gasteiger partial charge in [0.25, 0.3) is 0 Å². The fourth-order valence-electron chi connectivity index (χ4n) is 1.82. The van der Waals surface area contributed by atoms with Crippen LogP contribution in [0.1, 0.15) is 6.92 Å². The lowest BCUT2D eigenvalue weighted by Gasteiger charge is -2.25. The molecule has 0 saturated heterocycles. The molecule has 0 aliphatic heterocycles. The van der Waals surface area contributed by atoms with Crippen LogP contribution in [0.15, 0.2) is 23.1 Å². The van der Waals surface area contributed by atoms with Crippen LogP contribution in [-0.4, -0.2) is 53.6 Å². The van der Waals surface area contributed by atoms with Gasteiger partial charge in [-0.15, -0.1) is 0 Å². The zero-order valence-electron chi connectivity index (χ0n) is 12.5. The number of hydrogen-bond donors (Lipinski definition) is 1. The zero-order valence-corrected chi connectivity index (χ0v) is 13.3. The molecule has 0 spiro atoms. The third-order valence-electron chi connectivity index (χ3n) is 3.07. The number of nitrogens with two attached hydrogens (primary N) is 1. The summed E-state index contributed by atoms with van der Waals surface area (Å²) < 4.78 is 30.6. The Kier molecular flexibility index (Phi) is 5.79. The molecule has 0 heterocycles. The van der Waals surface area contributed by atoms with E-state index in [9.17, 15) is 8.42 Å². The highest BCUT2D eigenvalue weighted by Crippen LogP contribution is 2.27. The summed E-state index contributed by atoms with van der Waals surface area (Å²) in [6, 6.07) is 4.77. The number of rotatable bonds is 7. The Hall–Kier alpha value is -1.31. The number of likely N-dealkylation sites (N-methyl/N-ethyl adjacent to an activating group) is 1. The van der Waals surface area contributed by atoms with Crippen molar-refractivity contribution in [3.63, 3.8) is 0 Å². The molecule has 1 rings (SSSR count). The summed E-state index contributed by atoms with van der Waals surface area (Å²) in [5.74, 6) is 0. The lowest BCUT2D eigenvalue weighted by atomic mass is 10.2. The van der Waals surface area contributed by atoms with Gasteiger partial charge in [0.1, 0.15) is 0 Å². The molecular formula is C13H23N3O3S. The summed E-state index contributed by atoms with van der Waals surface area (Å²) >= 11 is 0. The number of benzene rings is 1. The van der Waals surface area contributed by atoms with Crippen molar-refractivity contribution < 1.29 is 13.2 Å². The van der Waals surface area contributed by atoms with E-state index in [1.165, 1.54) is 24.5 Å². The van der Waals surface area contributed by atoms with Crippen LogP contribution < -0.4 is 10.6 Å². The quantitative estimate of drug-likeness (QED) is 0.760. The minimum absolute atomic E-state index is 0.238. The highest BCUT2D eigenvalue weighted by Gasteiger charge is 2.19. The maximum absolute atomic E-state index is 12.2. The first-order valence-electron chi connectivity index (χ1n) is 6.40. The number of nitrogens with zero attached hydrogens (tertiary/aromatic N) is 2. The van der Waals surface area contributed by atoms with E-state index in [0.29, 0.717) is 24.5 Å². The van der Waals surface area contributed by atoms with Crippen LogP contribution in [0.3, 0.4) is 0 Å². The first-order valence-corrected chi connectivity index (χ1v) is 7.84. The minimum Gasteiger partial charge on any atom is -0.397 e. The average molecular weight is 301 g/mol. The van der Waals surface area contributed by atoms with E-state index in [2.05, 4.69) is 0 Å². The van der Waals surface area contributed by atoms with E-state index in [1.54, 1.807) is 19.2 Å². The molecule has 0 radical (unpaired) electrons. The third-order valence-corrected chi connectivity index (χ3v) is 4.88. The number of methoxy groups -OCH3 is 1. The Morgan fingerprint density at radius 2 is 1.95 bits per heavy atom. The largest absolute Gasteiger partial charge is 0.397 e. The molecule has 114 valence electrons. The molecule has 1 aromatic rings. The average Bonchev–Trinajstić information content (AvgIpc) is 2.40. The molecule has 0 aliphatic carbocycles. The smallest absolute Gasteiger partial charge is 0.242 e. The van der Waals surface area contributed by atoms with Crippen LogP contribution in [0.5, 0.6) is 0 Å². The van der Waals surface area contributed by atoms with Crippen molar-refractivity contribution in [2.24, 2.45) is 0 Å². The van der Waals surface area contributed by atoms with Gasteiger partial charge in [0.05, 0.1) is 22.9 Å². The van der Waals surface area contributed by atoms with Gasteiger partial charge in [-0.3, -0.25) is 0 Å². The Labute approximate surface area is 121 Å². The van der Waals surface area contributed by atoms with Gasteiger partial charge in [-0.25, -0.2) is 12.7 Å². The van der Waals surface area contributed by atoms with E-state index in [-0.39, 0.29) is 4.90 Å². The zero-order chi connectivity index (χ0) is 15.3. The van der Waals surface area contributed by atoms with Crippen molar-refractivity contribution >= 4 is 21.4 Å². The highest BCUT2D eigenvalue weighted by molar-refractivity contribution is 7.89. The van der Waals surface area contributed by atoms with Crippen LogP contribution in [-0.2, 0) is 14.8 Å². The Bertz CT molecular complexity index is 544. The Balaban J connectivity index is 3.21. The lowest BCUT2D eigenvalue weighted by Crippen LogP contribution is -2.28. The van der Waals surface area contributed by atoms with Gasteiger partial charge in [-0.05, 0) is 25.1 Å². The molecule has 0 unspecified atom stereocenters. The summed E-state index contributed by atoms with van der Waals surface area (Å²) in [6.07, 6.45) is 0. The van der Waals surface area contributed by atoms with E-state index in [0.717, 1.165) is 6.54 Å².